The number of halogens is 2. The zero-order chi connectivity index (χ0) is 12.3. The summed E-state index contributed by atoms with van der Waals surface area (Å²) < 4.78 is 5.57. The second-order valence-electron chi connectivity index (χ2n) is 4.44. The molecule has 2 atom stereocenters. The molecule has 2 unspecified atom stereocenters. The number of ether oxygens (including phenoxy) is 1. The average Bonchev–Trinajstić information content (AvgIpc) is 2.82. The molecule has 0 radical (unpaired) electrons. The highest BCUT2D eigenvalue weighted by atomic mass is 35.5. The molecule has 1 aromatic carbocycles. The van der Waals surface area contributed by atoms with Crippen molar-refractivity contribution in [3.8, 4) is 0 Å². The molecule has 1 fully saturated rings. The van der Waals surface area contributed by atoms with E-state index in [4.69, 9.17) is 27.9 Å². The van der Waals surface area contributed by atoms with E-state index in [1.165, 1.54) is 6.42 Å². The fraction of sp³-hybridized carbons (Fsp3) is 0.538. The lowest BCUT2D eigenvalue weighted by Crippen LogP contribution is -2.28. The van der Waals surface area contributed by atoms with Gasteiger partial charge in [0.2, 0.25) is 0 Å². The van der Waals surface area contributed by atoms with E-state index in [0.717, 1.165) is 25.1 Å². The Morgan fingerprint density at radius 3 is 2.88 bits per heavy atom. The number of hydrogen-bond acceptors (Lipinski definition) is 2. The van der Waals surface area contributed by atoms with Crippen molar-refractivity contribution >= 4 is 23.2 Å². The van der Waals surface area contributed by atoms with E-state index in [-0.39, 0.29) is 6.04 Å². The molecule has 1 aromatic rings. The third-order valence-electron chi connectivity index (χ3n) is 3.12. The highest BCUT2D eigenvalue weighted by molar-refractivity contribution is 6.42. The van der Waals surface area contributed by atoms with Gasteiger partial charge in [0.15, 0.2) is 0 Å². The maximum Gasteiger partial charge on any atom is 0.0700 e. The minimum Gasteiger partial charge on any atom is -0.377 e. The van der Waals surface area contributed by atoms with Gasteiger partial charge in [-0.25, -0.2) is 0 Å². The van der Waals surface area contributed by atoms with E-state index in [2.05, 4.69) is 12.2 Å². The molecule has 1 saturated heterocycles. The number of hydrogen-bond donors (Lipinski definition) is 1. The monoisotopic (exact) mass is 273 g/mol. The summed E-state index contributed by atoms with van der Waals surface area (Å²) in [4.78, 5) is 0. The topological polar surface area (TPSA) is 21.3 Å². The predicted octanol–water partition coefficient (Wildman–Crippen LogP) is 3.82. The molecule has 1 aliphatic rings. The maximum absolute atomic E-state index is 6.00. The fourth-order valence-electron chi connectivity index (χ4n) is 2.01. The van der Waals surface area contributed by atoms with Gasteiger partial charge in [0.1, 0.15) is 0 Å². The van der Waals surface area contributed by atoms with Gasteiger partial charge in [-0.3, -0.25) is 0 Å². The van der Waals surface area contributed by atoms with Crippen LogP contribution >= 0.6 is 23.2 Å². The number of nitrogens with one attached hydrogen (secondary N) is 1. The summed E-state index contributed by atoms with van der Waals surface area (Å²) in [6, 6.07) is 6.01. The Morgan fingerprint density at radius 1 is 1.41 bits per heavy atom. The van der Waals surface area contributed by atoms with Gasteiger partial charge in [-0.05, 0) is 37.5 Å². The lowest BCUT2D eigenvalue weighted by atomic mass is 10.1. The van der Waals surface area contributed by atoms with Gasteiger partial charge in [-0.2, -0.15) is 0 Å². The minimum atomic E-state index is 0.258. The highest BCUT2D eigenvalue weighted by Crippen LogP contribution is 2.25. The first-order valence-corrected chi connectivity index (χ1v) is 6.72. The third-order valence-corrected chi connectivity index (χ3v) is 3.86. The van der Waals surface area contributed by atoms with Crippen LogP contribution in [0.5, 0.6) is 0 Å². The van der Waals surface area contributed by atoms with Crippen molar-refractivity contribution in [3.63, 3.8) is 0 Å². The van der Waals surface area contributed by atoms with Crippen molar-refractivity contribution in [1.29, 1.82) is 0 Å². The average molecular weight is 274 g/mol. The first kappa shape index (κ1) is 13.2. The molecule has 2 nitrogen and oxygen atoms in total. The Balaban J connectivity index is 1.89. The highest BCUT2D eigenvalue weighted by Gasteiger charge is 2.16. The molecule has 0 aromatic heterocycles. The quantitative estimate of drug-likeness (QED) is 0.901. The van der Waals surface area contributed by atoms with E-state index in [1.807, 2.05) is 18.2 Å². The largest absolute Gasteiger partial charge is 0.377 e. The predicted molar refractivity (Wildman–Crippen MR) is 71.9 cm³/mol. The summed E-state index contributed by atoms with van der Waals surface area (Å²) in [7, 11) is 0. The van der Waals surface area contributed by atoms with Crippen LogP contribution in [0.1, 0.15) is 31.4 Å². The molecular formula is C13H17Cl2NO. The lowest BCUT2D eigenvalue weighted by molar-refractivity contribution is 0.108. The molecular weight excluding hydrogens is 257 g/mol. The SMILES string of the molecule is CC(NCC1CCCO1)c1ccc(Cl)c(Cl)c1. The molecule has 1 aliphatic heterocycles. The van der Waals surface area contributed by atoms with E-state index in [0.29, 0.717) is 16.1 Å². The van der Waals surface area contributed by atoms with Crippen molar-refractivity contribution < 1.29 is 4.74 Å². The summed E-state index contributed by atoms with van der Waals surface area (Å²) in [5, 5.41) is 4.67. The maximum atomic E-state index is 6.00. The fourth-order valence-corrected chi connectivity index (χ4v) is 2.32. The Hall–Kier alpha value is -0.280. The molecule has 94 valence electrons. The summed E-state index contributed by atoms with van der Waals surface area (Å²) >= 11 is 11.9. The van der Waals surface area contributed by atoms with Crippen LogP contribution in [0.2, 0.25) is 10.0 Å². The lowest BCUT2D eigenvalue weighted by Gasteiger charge is -2.17. The summed E-state index contributed by atoms with van der Waals surface area (Å²) in [6.07, 6.45) is 2.69. The zero-order valence-electron chi connectivity index (χ0n) is 9.88. The standard InChI is InChI=1S/C13H17Cl2NO/c1-9(16-8-11-3-2-6-17-11)10-4-5-12(14)13(15)7-10/h4-5,7,9,11,16H,2-3,6,8H2,1H3. The van der Waals surface area contributed by atoms with Crippen LogP contribution in [0.15, 0.2) is 18.2 Å². The minimum absolute atomic E-state index is 0.258. The molecule has 0 saturated carbocycles. The van der Waals surface area contributed by atoms with Gasteiger partial charge in [0.05, 0.1) is 16.1 Å². The van der Waals surface area contributed by atoms with Crippen molar-refractivity contribution in [2.24, 2.45) is 0 Å². The van der Waals surface area contributed by atoms with E-state index < -0.39 is 0 Å². The molecule has 0 spiro atoms. The van der Waals surface area contributed by atoms with Crippen molar-refractivity contribution in [2.45, 2.75) is 31.9 Å². The Morgan fingerprint density at radius 2 is 2.24 bits per heavy atom. The van der Waals surface area contributed by atoms with Crippen LogP contribution in [0.4, 0.5) is 0 Å². The number of rotatable bonds is 4. The van der Waals surface area contributed by atoms with Gasteiger partial charge in [-0.1, -0.05) is 29.3 Å². The van der Waals surface area contributed by atoms with Gasteiger partial charge in [0, 0.05) is 19.2 Å². The first-order chi connectivity index (χ1) is 8.16. The van der Waals surface area contributed by atoms with Gasteiger partial charge >= 0.3 is 0 Å². The van der Waals surface area contributed by atoms with Gasteiger partial charge in [-0.15, -0.1) is 0 Å². The van der Waals surface area contributed by atoms with E-state index >= 15 is 0 Å². The Labute approximate surface area is 112 Å². The van der Waals surface area contributed by atoms with Crippen molar-refractivity contribution in [3.05, 3.63) is 33.8 Å². The Bertz CT molecular complexity index is 378. The molecule has 1 N–H and O–H groups in total. The third kappa shape index (κ3) is 3.59. The van der Waals surface area contributed by atoms with Gasteiger partial charge < -0.3 is 10.1 Å². The van der Waals surface area contributed by atoms with Crippen LogP contribution in [0.25, 0.3) is 0 Å². The molecule has 0 amide bonds. The smallest absolute Gasteiger partial charge is 0.0700 e. The summed E-state index contributed by atoms with van der Waals surface area (Å²) in [6.45, 7) is 3.91. The van der Waals surface area contributed by atoms with E-state index in [9.17, 15) is 0 Å². The Kier molecular flexibility index (Phi) is 4.69. The zero-order valence-corrected chi connectivity index (χ0v) is 11.4. The molecule has 1 heterocycles. The second kappa shape index (κ2) is 6.05. The van der Waals surface area contributed by atoms with Crippen molar-refractivity contribution in [1.82, 2.24) is 5.32 Å². The molecule has 2 rings (SSSR count). The van der Waals surface area contributed by atoms with Gasteiger partial charge in [0.25, 0.3) is 0 Å². The van der Waals surface area contributed by atoms with Crippen LogP contribution in [-0.4, -0.2) is 19.3 Å². The molecule has 0 bridgehead atoms. The summed E-state index contributed by atoms with van der Waals surface area (Å²) in [5.41, 5.74) is 1.15. The van der Waals surface area contributed by atoms with Crippen LogP contribution in [0.3, 0.4) is 0 Å². The van der Waals surface area contributed by atoms with Crippen LogP contribution in [-0.2, 0) is 4.74 Å². The molecule has 17 heavy (non-hydrogen) atoms. The second-order valence-corrected chi connectivity index (χ2v) is 5.25. The number of benzene rings is 1. The molecule has 0 aliphatic carbocycles. The summed E-state index contributed by atoms with van der Waals surface area (Å²) in [5.74, 6) is 0. The van der Waals surface area contributed by atoms with Crippen LogP contribution in [0, 0.1) is 0 Å². The van der Waals surface area contributed by atoms with Crippen LogP contribution < -0.4 is 5.32 Å². The van der Waals surface area contributed by atoms with Crippen molar-refractivity contribution in [2.75, 3.05) is 13.2 Å². The first-order valence-electron chi connectivity index (χ1n) is 5.97. The molecule has 4 heteroatoms. The van der Waals surface area contributed by atoms with E-state index in [1.54, 1.807) is 0 Å². The normalized spacial score (nSPS) is 21.7.